The van der Waals surface area contributed by atoms with Crippen LogP contribution in [-0.4, -0.2) is 33.9 Å². The Labute approximate surface area is 238 Å². The van der Waals surface area contributed by atoms with E-state index < -0.39 is 23.6 Å². The van der Waals surface area contributed by atoms with Crippen molar-refractivity contribution in [3.8, 4) is 11.1 Å². The largest absolute Gasteiger partial charge is 0.420 e. The number of hydrogen-bond donors (Lipinski definition) is 1. The molecule has 212 valence electrons. The summed E-state index contributed by atoms with van der Waals surface area (Å²) >= 11 is 5.84. The van der Waals surface area contributed by atoms with Gasteiger partial charge in [-0.3, -0.25) is 9.69 Å². The van der Waals surface area contributed by atoms with E-state index in [1.54, 1.807) is 12.1 Å². The molecule has 5 nitrogen and oxygen atoms in total. The Bertz CT molecular complexity index is 1540. The van der Waals surface area contributed by atoms with Crippen LogP contribution in [0.1, 0.15) is 45.9 Å². The van der Waals surface area contributed by atoms with Crippen LogP contribution >= 0.6 is 11.6 Å². The molecule has 1 N–H and O–H groups in total. The van der Waals surface area contributed by atoms with Crippen LogP contribution in [0.25, 0.3) is 11.1 Å². The monoisotopic (exact) mass is 586 g/mol. The van der Waals surface area contributed by atoms with Gasteiger partial charge in [0, 0.05) is 24.2 Å². The molecule has 4 aromatic rings. The maximum atomic E-state index is 14.5. The highest BCUT2D eigenvalue weighted by Crippen LogP contribution is 2.38. The van der Waals surface area contributed by atoms with Crippen molar-refractivity contribution in [3.63, 3.8) is 0 Å². The molecule has 11 heteroatoms. The van der Waals surface area contributed by atoms with Crippen molar-refractivity contribution in [2.75, 3.05) is 18.4 Å². The lowest BCUT2D eigenvalue weighted by Gasteiger charge is -2.32. The fraction of sp³-hybridized carbons (Fsp3) is 0.233. The average Bonchev–Trinajstić information content (AvgIpc) is 2.94. The summed E-state index contributed by atoms with van der Waals surface area (Å²) in [6.07, 6.45) is -2.66. The SMILES string of the molecule is O=C(Nc1cc(C(F)(F)F)c(F)nc1C1CCN(Cc2ccc(-c3ccc(F)cc3)cc2)CC1)c1ccnc(Cl)c1. The van der Waals surface area contributed by atoms with Gasteiger partial charge in [-0.05, 0) is 73.0 Å². The Morgan fingerprint density at radius 2 is 1.59 bits per heavy atom. The van der Waals surface area contributed by atoms with E-state index in [1.807, 2.05) is 24.3 Å². The molecule has 0 atom stereocenters. The average molecular weight is 587 g/mol. The van der Waals surface area contributed by atoms with Crippen molar-refractivity contribution >= 4 is 23.2 Å². The lowest BCUT2D eigenvalue weighted by atomic mass is 9.91. The zero-order chi connectivity index (χ0) is 29.1. The van der Waals surface area contributed by atoms with Gasteiger partial charge in [-0.2, -0.15) is 17.6 Å². The second-order valence-corrected chi connectivity index (χ2v) is 10.2. The number of piperidine rings is 1. The van der Waals surface area contributed by atoms with Crippen LogP contribution in [0.4, 0.5) is 27.6 Å². The molecule has 41 heavy (non-hydrogen) atoms. The Balaban J connectivity index is 1.29. The van der Waals surface area contributed by atoms with Crippen LogP contribution in [0.15, 0.2) is 72.9 Å². The number of likely N-dealkylation sites (tertiary alicyclic amines) is 1. The van der Waals surface area contributed by atoms with Gasteiger partial charge in [-0.1, -0.05) is 48.0 Å². The van der Waals surface area contributed by atoms with Crippen LogP contribution in [0, 0.1) is 11.8 Å². The van der Waals surface area contributed by atoms with Crippen LogP contribution in [0.5, 0.6) is 0 Å². The van der Waals surface area contributed by atoms with Gasteiger partial charge in [-0.25, -0.2) is 14.4 Å². The Morgan fingerprint density at radius 3 is 2.20 bits per heavy atom. The number of rotatable bonds is 6. The highest BCUT2D eigenvalue weighted by Gasteiger charge is 2.37. The molecule has 3 heterocycles. The maximum Gasteiger partial charge on any atom is 0.420 e. The van der Waals surface area contributed by atoms with Crippen LogP contribution in [0.2, 0.25) is 5.15 Å². The number of carbonyl (C=O) groups excluding carboxylic acids is 1. The number of benzene rings is 2. The quantitative estimate of drug-likeness (QED) is 0.186. The zero-order valence-electron chi connectivity index (χ0n) is 21.6. The van der Waals surface area contributed by atoms with E-state index in [4.69, 9.17) is 11.6 Å². The Kier molecular flexibility index (Phi) is 8.32. The fourth-order valence-corrected chi connectivity index (χ4v) is 5.09. The molecule has 5 rings (SSSR count). The first-order valence-corrected chi connectivity index (χ1v) is 13.2. The van der Waals surface area contributed by atoms with E-state index in [9.17, 15) is 26.7 Å². The molecule has 0 aliphatic carbocycles. The second-order valence-electron chi connectivity index (χ2n) is 9.83. The molecular weight excluding hydrogens is 563 g/mol. The third-order valence-electron chi connectivity index (χ3n) is 7.06. The second kappa shape index (κ2) is 11.9. The number of halogens is 6. The highest BCUT2D eigenvalue weighted by atomic mass is 35.5. The molecular formula is C30H24ClF5N4O. The predicted molar refractivity (Wildman–Crippen MR) is 145 cm³/mol. The number of alkyl halides is 3. The molecule has 1 fully saturated rings. The normalized spacial score (nSPS) is 14.7. The number of nitrogens with zero attached hydrogens (tertiary/aromatic N) is 3. The van der Waals surface area contributed by atoms with Gasteiger partial charge in [0.05, 0.1) is 11.4 Å². The standard InChI is InChI=1S/C30H24ClF5N4O/c31-26-15-22(9-12-37-26)29(41)38-25-16-24(30(34,35)36)28(33)39-27(25)21-10-13-40(14-11-21)17-18-1-3-19(4-2-18)20-5-7-23(32)8-6-20/h1-9,12,15-16,21H,10-11,13-14,17H2,(H,38,41). The third-order valence-corrected chi connectivity index (χ3v) is 7.27. The van der Waals surface area contributed by atoms with Gasteiger partial charge >= 0.3 is 6.18 Å². The topological polar surface area (TPSA) is 58.1 Å². The van der Waals surface area contributed by atoms with Gasteiger partial charge in [0.25, 0.3) is 5.91 Å². The summed E-state index contributed by atoms with van der Waals surface area (Å²) < 4.78 is 68.2. The molecule has 2 aromatic carbocycles. The first kappa shape index (κ1) is 28.6. The summed E-state index contributed by atoms with van der Waals surface area (Å²) in [6, 6.07) is 17.4. The van der Waals surface area contributed by atoms with Gasteiger partial charge < -0.3 is 5.32 Å². The predicted octanol–water partition coefficient (Wildman–Crippen LogP) is 7.73. The van der Waals surface area contributed by atoms with Gasteiger partial charge in [0.1, 0.15) is 16.5 Å². The first-order valence-electron chi connectivity index (χ1n) is 12.8. The van der Waals surface area contributed by atoms with Crippen molar-refractivity contribution in [1.29, 1.82) is 0 Å². The molecule has 1 aliphatic rings. The minimum Gasteiger partial charge on any atom is -0.320 e. The van der Waals surface area contributed by atoms with Gasteiger partial charge in [-0.15, -0.1) is 0 Å². The van der Waals surface area contributed by atoms with Gasteiger partial charge in [0.2, 0.25) is 5.95 Å². The number of anilines is 1. The van der Waals surface area contributed by atoms with E-state index in [0.29, 0.717) is 38.5 Å². The molecule has 0 bridgehead atoms. The van der Waals surface area contributed by atoms with Crippen molar-refractivity contribution in [1.82, 2.24) is 14.9 Å². The third kappa shape index (κ3) is 6.89. The van der Waals surface area contributed by atoms with Crippen molar-refractivity contribution < 1.29 is 26.7 Å². The van der Waals surface area contributed by atoms with Crippen LogP contribution in [-0.2, 0) is 12.7 Å². The fourth-order valence-electron chi connectivity index (χ4n) is 4.92. The zero-order valence-corrected chi connectivity index (χ0v) is 22.3. The number of aromatic nitrogens is 2. The number of amides is 1. The summed E-state index contributed by atoms with van der Waals surface area (Å²) in [7, 11) is 0. The van der Waals surface area contributed by atoms with Crippen LogP contribution < -0.4 is 5.32 Å². The Morgan fingerprint density at radius 1 is 0.951 bits per heavy atom. The summed E-state index contributed by atoms with van der Waals surface area (Å²) in [4.78, 5) is 22.5. The van der Waals surface area contributed by atoms with E-state index in [0.717, 1.165) is 16.7 Å². The molecule has 2 aromatic heterocycles. The number of pyridine rings is 2. The summed E-state index contributed by atoms with van der Waals surface area (Å²) in [5.41, 5.74) is 1.37. The lowest BCUT2D eigenvalue weighted by Crippen LogP contribution is -2.33. The van der Waals surface area contributed by atoms with Crippen molar-refractivity contribution in [2.24, 2.45) is 0 Å². The first-order chi connectivity index (χ1) is 19.6. The number of hydrogen-bond acceptors (Lipinski definition) is 4. The number of nitrogens with one attached hydrogen (secondary N) is 1. The lowest BCUT2D eigenvalue weighted by molar-refractivity contribution is -0.140. The molecule has 0 spiro atoms. The van der Waals surface area contributed by atoms with Crippen molar-refractivity contribution in [3.05, 3.63) is 112 Å². The Hall–Kier alpha value is -3.89. The highest BCUT2D eigenvalue weighted by molar-refractivity contribution is 6.29. The minimum absolute atomic E-state index is 0.0450. The maximum absolute atomic E-state index is 14.5. The molecule has 1 amide bonds. The van der Waals surface area contributed by atoms with Crippen molar-refractivity contribution in [2.45, 2.75) is 31.5 Å². The van der Waals surface area contributed by atoms with Gasteiger partial charge in [0.15, 0.2) is 0 Å². The summed E-state index contributed by atoms with van der Waals surface area (Å²) in [5, 5.41) is 2.52. The summed E-state index contributed by atoms with van der Waals surface area (Å²) in [6.45, 7) is 1.85. The number of carbonyl (C=O) groups is 1. The smallest absolute Gasteiger partial charge is 0.320 e. The van der Waals surface area contributed by atoms with E-state index >= 15 is 0 Å². The molecule has 1 aliphatic heterocycles. The molecule has 0 radical (unpaired) electrons. The van der Waals surface area contributed by atoms with E-state index in [-0.39, 0.29) is 33.8 Å². The van der Waals surface area contributed by atoms with Crippen LogP contribution in [0.3, 0.4) is 0 Å². The molecule has 0 saturated carbocycles. The summed E-state index contributed by atoms with van der Waals surface area (Å²) in [5.74, 6) is -2.99. The molecule has 1 saturated heterocycles. The van der Waals surface area contributed by atoms with E-state index in [1.165, 1.54) is 30.5 Å². The molecule has 0 unspecified atom stereocenters. The minimum atomic E-state index is -4.98. The van der Waals surface area contributed by atoms with E-state index in [2.05, 4.69) is 20.2 Å².